The lowest BCUT2D eigenvalue weighted by Gasteiger charge is -2.10. The maximum Gasteiger partial charge on any atom is 0.319 e. The van der Waals surface area contributed by atoms with Gasteiger partial charge in [0, 0.05) is 19.2 Å². The smallest absolute Gasteiger partial charge is 0.319 e. The molecule has 1 N–H and O–H groups in total. The first-order valence-corrected chi connectivity index (χ1v) is 8.98. The first-order chi connectivity index (χ1) is 14.4. The van der Waals surface area contributed by atoms with Crippen LogP contribution in [0.3, 0.4) is 0 Å². The molecule has 0 aliphatic carbocycles. The Morgan fingerprint density at radius 1 is 1.00 bits per heavy atom. The molecule has 0 atom stereocenters. The topological polar surface area (TPSA) is 129 Å². The first kappa shape index (κ1) is 19.0. The summed E-state index contributed by atoms with van der Waals surface area (Å²) in [6.07, 6.45) is 0. The summed E-state index contributed by atoms with van der Waals surface area (Å²) in [5, 5.41) is 31.1. The molecule has 0 amide bonds. The number of hydrogen-bond acceptors (Lipinski definition) is 7. The molecule has 0 unspecified atom stereocenters. The Hall–Kier alpha value is -4.34. The van der Waals surface area contributed by atoms with E-state index in [2.05, 4.69) is 15.4 Å². The van der Waals surface area contributed by atoms with Crippen LogP contribution in [0.1, 0.15) is 5.69 Å². The van der Waals surface area contributed by atoms with Crippen LogP contribution >= 0.6 is 0 Å². The number of nitro benzene ring substituents is 1. The summed E-state index contributed by atoms with van der Waals surface area (Å²) in [6, 6.07) is 15.0. The van der Waals surface area contributed by atoms with E-state index in [0.29, 0.717) is 22.3 Å². The van der Waals surface area contributed by atoms with Gasteiger partial charge in [-0.05, 0) is 24.6 Å². The molecule has 2 aromatic carbocycles. The summed E-state index contributed by atoms with van der Waals surface area (Å²) < 4.78 is 1.61. The van der Waals surface area contributed by atoms with Gasteiger partial charge in [0.05, 0.1) is 32.2 Å². The second kappa shape index (κ2) is 7.24. The number of pyridine rings is 1. The zero-order valence-corrected chi connectivity index (χ0v) is 16.1. The van der Waals surface area contributed by atoms with E-state index in [1.165, 1.54) is 25.2 Å². The summed E-state index contributed by atoms with van der Waals surface area (Å²) >= 11 is 0. The lowest BCUT2D eigenvalue weighted by molar-refractivity contribution is -0.384. The van der Waals surface area contributed by atoms with Gasteiger partial charge in [0.1, 0.15) is 0 Å². The zero-order valence-electron chi connectivity index (χ0n) is 16.1. The SMILES string of the molecule is CNc1nc2c(c(C)nn2-c2ccccc2)c(-c2cccc([N+](=O)[O-])c2)c1[N+](=O)[O-]. The van der Waals surface area contributed by atoms with E-state index in [9.17, 15) is 20.2 Å². The Kier molecular flexibility index (Phi) is 4.59. The molecule has 150 valence electrons. The number of anilines is 1. The van der Waals surface area contributed by atoms with Gasteiger partial charge in [-0.1, -0.05) is 30.3 Å². The molecule has 2 heterocycles. The van der Waals surface area contributed by atoms with Crippen LogP contribution in [0.2, 0.25) is 0 Å². The van der Waals surface area contributed by atoms with Crippen molar-refractivity contribution in [3.05, 3.63) is 80.5 Å². The van der Waals surface area contributed by atoms with Gasteiger partial charge < -0.3 is 5.32 Å². The molecular weight excluding hydrogens is 388 g/mol. The number of non-ortho nitro benzene ring substituents is 1. The number of aromatic nitrogens is 3. The predicted octanol–water partition coefficient (Wildman–Crippen LogP) is 4.25. The molecule has 2 aromatic heterocycles. The Morgan fingerprint density at radius 2 is 1.73 bits per heavy atom. The number of rotatable bonds is 5. The normalized spacial score (nSPS) is 10.9. The molecule has 0 saturated heterocycles. The minimum Gasteiger partial charge on any atom is -0.367 e. The van der Waals surface area contributed by atoms with Crippen molar-refractivity contribution in [2.75, 3.05) is 12.4 Å². The molecule has 0 bridgehead atoms. The van der Waals surface area contributed by atoms with Crippen molar-refractivity contribution < 1.29 is 9.85 Å². The lowest BCUT2D eigenvalue weighted by atomic mass is 9.99. The van der Waals surface area contributed by atoms with Gasteiger partial charge in [-0.3, -0.25) is 20.2 Å². The molecular formula is C20H16N6O4. The van der Waals surface area contributed by atoms with E-state index in [-0.39, 0.29) is 22.8 Å². The Balaban J connectivity index is 2.16. The van der Waals surface area contributed by atoms with Crippen molar-refractivity contribution in [3.8, 4) is 16.8 Å². The van der Waals surface area contributed by atoms with E-state index < -0.39 is 9.85 Å². The number of para-hydroxylation sites is 1. The molecule has 30 heavy (non-hydrogen) atoms. The van der Waals surface area contributed by atoms with Crippen molar-refractivity contribution >= 4 is 28.2 Å². The maximum absolute atomic E-state index is 12.0. The molecule has 0 radical (unpaired) electrons. The third-order valence-electron chi connectivity index (χ3n) is 4.73. The van der Waals surface area contributed by atoms with Gasteiger partial charge in [-0.25, -0.2) is 9.67 Å². The molecule has 10 nitrogen and oxygen atoms in total. The average molecular weight is 404 g/mol. The van der Waals surface area contributed by atoms with Gasteiger partial charge >= 0.3 is 5.69 Å². The van der Waals surface area contributed by atoms with Gasteiger partial charge in [0.15, 0.2) is 5.65 Å². The van der Waals surface area contributed by atoms with Crippen LogP contribution in [0.4, 0.5) is 17.2 Å². The van der Waals surface area contributed by atoms with Crippen LogP contribution < -0.4 is 5.32 Å². The fourth-order valence-electron chi connectivity index (χ4n) is 3.46. The van der Waals surface area contributed by atoms with E-state index in [1.54, 1.807) is 17.7 Å². The molecule has 0 aliphatic rings. The lowest BCUT2D eigenvalue weighted by Crippen LogP contribution is -2.05. The maximum atomic E-state index is 12.0. The van der Waals surface area contributed by atoms with Crippen molar-refractivity contribution in [3.63, 3.8) is 0 Å². The van der Waals surface area contributed by atoms with Crippen molar-refractivity contribution in [2.24, 2.45) is 0 Å². The standard InChI is InChI=1S/C20H16N6O4/c1-12-16-17(13-7-6-10-15(11-13)25(27)28)18(26(29)30)19(21-2)22-20(16)24(23-12)14-8-4-3-5-9-14/h3-11H,1-2H3,(H,21,22). The quantitative estimate of drug-likeness (QED) is 0.389. The molecule has 0 fully saturated rings. The molecule has 0 saturated carbocycles. The van der Waals surface area contributed by atoms with Crippen LogP contribution in [0.25, 0.3) is 27.8 Å². The molecule has 4 aromatic rings. The van der Waals surface area contributed by atoms with Crippen LogP contribution in [-0.4, -0.2) is 31.7 Å². The number of nitrogens with zero attached hydrogens (tertiary/aromatic N) is 5. The second-order valence-corrected chi connectivity index (χ2v) is 6.53. The Bertz CT molecular complexity index is 1300. The van der Waals surface area contributed by atoms with E-state index >= 15 is 0 Å². The van der Waals surface area contributed by atoms with Gasteiger partial charge in [0.25, 0.3) is 5.69 Å². The summed E-state index contributed by atoms with van der Waals surface area (Å²) in [7, 11) is 1.54. The van der Waals surface area contributed by atoms with E-state index in [0.717, 1.165) is 5.69 Å². The highest BCUT2D eigenvalue weighted by Gasteiger charge is 2.30. The van der Waals surface area contributed by atoms with Crippen LogP contribution in [0.15, 0.2) is 54.6 Å². The average Bonchev–Trinajstić information content (AvgIpc) is 3.09. The number of hydrogen-bond donors (Lipinski definition) is 1. The predicted molar refractivity (Wildman–Crippen MR) is 112 cm³/mol. The fourth-order valence-corrected chi connectivity index (χ4v) is 3.46. The van der Waals surface area contributed by atoms with Gasteiger partial charge in [-0.2, -0.15) is 5.10 Å². The summed E-state index contributed by atoms with van der Waals surface area (Å²) in [4.78, 5) is 26.7. The van der Waals surface area contributed by atoms with Crippen molar-refractivity contribution in [1.82, 2.24) is 14.8 Å². The number of fused-ring (bicyclic) bond motifs is 1. The zero-order chi connectivity index (χ0) is 21.4. The highest BCUT2D eigenvalue weighted by atomic mass is 16.6. The van der Waals surface area contributed by atoms with Crippen LogP contribution in [-0.2, 0) is 0 Å². The second-order valence-electron chi connectivity index (χ2n) is 6.53. The summed E-state index contributed by atoms with van der Waals surface area (Å²) in [6.45, 7) is 1.73. The largest absolute Gasteiger partial charge is 0.367 e. The molecule has 0 spiro atoms. The summed E-state index contributed by atoms with van der Waals surface area (Å²) in [5.74, 6) is 0.0473. The van der Waals surface area contributed by atoms with E-state index in [4.69, 9.17) is 0 Å². The molecule has 0 aliphatic heterocycles. The Labute approximate surface area is 170 Å². The Morgan fingerprint density at radius 3 is 2.37 bits per heavy atom. The highest BCUT2D eigenvalue weighted by molar-refractivity contribution is 6.03. The van der Waals surface area contributed by atoms with Crippen LogP contribution in [0.5, 0.6) is 0 Å². The number of nitro groups is 2. The first-order valence-electron chi connectivity index (χ1n) is 8.98. The van der Waals surface area contributed by atoms with Crippen LogP contribution in [0, 0.1) is 27.2 Å². The third-order valence-corrected chi connectivity index (χ3v) is 4.73. The monoisotopic (exact) mass is 404 g/mol. The van der Waals surface area contributed by atoms with Crippen molar-refractivity contribution in [1.29, 1.82) is 0 Å². The minimum atomic E-state index is -0.536. The fraction of sp³-hybridized carbons (Fsp3) is 0.100. The number of aryl methyl sites for hydroxylation is 1. The molecule has 4 rings (SSSR count). The number of nitrogens with one attached hydrogen (secondary N) is 1. The van der Waals surface area contributed by atoms with E-state index in [1.807, 2.05) is 30.3 Å². The third kappa shape index (κ3) is 3.00. The summed E-state index contributed by atoms with van der Waals surface area (Å²) in [5.41, 5.74) is 1.83. The van der Waals surface area contributed by atoms with Gasteiger partial charge in [-0.15, -0.1) is 0 Å². The highest BCUT2D eigenvalue weighted by Crippen LogP contribution is 2.42. The van der Waals surface area contributed by atoms with Crippen molar-refractivity contribution in [2.45, 2.75) is 6.92 Å². The number of benzene rings is 2. The minimum absolute atomic E-state index is 0.0473. The molecule has 10 heteroatoms. The van der Waals surface area contributed by atoms with Gasteiger partial charge in [0.2, 0.25) is 5.82 Å².